The molecule has 0 aromatic heterocycles. The number of ether oxygens (including phenoxy) is 1. The number of amides is 3. The van der Waals surface area contributed by atoms with Crippen LogP contribution in [0.3, 0.4) is 0 Å². The van der Waals surface area contributed by atoms with E-state index in [4.69, 9.17) is 22.7 Å². The zero-order valence-electron chi connectivity index (χ0n) is 20.0. The molecule has 10 heteroatoms. The Morgan fingerprint density at radius 2 is 1.85 bits per heavy atom. The van der Waals surface area contributed by atoms with E-state index in [0.29, 0.717) is 24.0 Å². The predicted octanol–water partition coefficient (Wildman–Crippen LogP) is 1.82. The smallest absolute Gasteiger partial charge is 0.251 e. The van der Waals surface area contributed by atoms with Crippen LogP contribution in [0.15, 0.2) is 24.3 Å². The van der Waals surface area contributed by atoms with E-state index >= 15 is 0 Å². The fraction of sp³-hybridized carbons (Fsp3) is 0.583. The molecule has 3 amide bonds. The third-order valence-corrected chi connectivity index (χ3v) is 6.89. The van der Waals surface area contributed by atoms with Gasteiger partial charge in [0.05, 0.1) is 13.0 Å². The Labute approximate surface area is 206 Å². The number of anilines is 1. The van der Waals surface area contributed by atoms with Gasteiger partial charge in [0.1, 0.15) is 11.8 Å². The molecule has 186 valence electrons. The molecule has 2 heterocycles. The number of nitrogens with two attached hydrogens (primary N) is 1. The van der Waals surface area contributed by atoms with Crippen LogP contribution in [0.25, 0.3) is 0 Å². The van der Waals surface area contributed by atoms with Crippen molar-refractivity contribution in [1.82, 2.24) is 14.7 Å². The second-order valence-corrected chi connectivity index (χ2v) is 9.25. The van der Waals surface area contributed by atoms with Crippen LogP contribution in [-0.2, 0) is 14.4 Å². The average molecular weight is 490 g/mol. The zero-order chi connectivity index (χ0) is 24.7. The van der Waals surface area contributed by atoms with Gasteiger partial charge in [0, 0.05) is 25.2 Å². The van der Waals surface area contributed by atoms with E-state index in [0.717, 1.165) is 51.1 Å². The fourth-order valence-corrected chi connectivity index (χ4v) is 4.68. The molecule has 3 rings (SSSR count). The monoisotopic (exact) mass is 489 g/mol. The normalized spacial score (nSPS) is 19.5. The number of rotatable bonds is 11. The summed E-state index contributed by atoms with van der Waals surface area (Å²) < 4.78 is 5.56. The third kappa shape index (κ3) is 6.66. The van der Waals surface area contributed by atoms with Crippen LogP contribution in [0, 0.1) is 5.92 Å². The number of likely N-dealkylation sites (N-methyl/N-ethyl adjacent to an activating group) is 1. The molecular weight excluding hydrogens is 454 g/mol. The largest absolute Gasteiger partial charge is 0.494 e. The van der Waals surface area contributed by atoms with Crippen molar-refractivity contribution in [2.24, 2.45) is 11.7 Å². The Morgan fingerprint density at radius 3 is 2.47 bits per heavy atom. The highest BCUT2D eigenvalue weighted by Gasteiger charge is 2.41. The summed E-state index contributed by atoms with van der Waals surface area (Å²) in [7, 11) is 1.65. The first kappa shape index (κ1) is 25.9. The molecule has 0 aliphatic carbocycles. The van der Waals surface area contributed by atoms with E-state index < -0.39 is 6.04 Å². The standard InChI is InChI=1S/C24H35N5O4S/c1-3-15-33-19-7-5-18(6-8-19)26-21(30)16-20-23(32)27(2)24(34)29(20)12-4-11-28-13-9-17(10-14-28)22(25)31/h5-8,17,20H,3-4,9-16H2,1-2H3,(H2,25,31)(H,26,30). The van der Waals surface area contributed by atoms with Gasteiger partial charge in [0.25, 0.3) is 5.91 Å². The van der Waals surface area contributed by atoms with Gasteiger partial charge >= 0.3 is 0 Å². The molecule has 0 bridgehead atoms. The summed E-state index contributed by atoms with van der Waals surface area (Å²) >= 11 is 5.48. The topological polar surface area (TPSA) is 108 Å². The predicted molar refractivity (Wildman–Crippen MR) is 134 cm³/mol. The molecule has 1 aromatic rings. The summed E-state index contributed by atoms with van der Waals surface area (Å²) in [6.07, 6.45) is 3.33. The molecule has 1 atom stereocenters. The van der Waals surface area contributed by atoms with Crippen LogP contribution in [0.1, 0.15) is 39.0 Å². The number of carbonyl (C=O) groups excluding carboxylic acids is 3. The molecular formula is C24H35N5O4S. The number of hydrogen-bond donors (Lipinski definition) is 2. The minimum Gasteiger partial charge on any atom is -0.494 e. The maximum Gasteiger partial charge on any atom is 0.251 e. The molecule has 34 heavy (non-hydrogen) atoms. The molecule has 3 N–H and O–H groups in total. The molecule has 2 fully saturated rings. The van der Waals surface area contributed by atoms with E-state index in [1.165, 1.54) is 4.90 Å². The number of benzene rings is 1. The number of likely N-dealkylation sites (tertiary alicyclic amines) is 1. The van der Waals surface area contributed by atoms with Crippen molar-refractivity contribution in [3.63, 3.8) is 0 Å². The number of piperidine rings is 1. The molecule has 9 nitrogen and oxygen atoms in total. The van der Waals surface area contributed by atoms with Crippen molar-refractivity contribution in [3.05, 3.63) is 24.3 Å². The summed E-state index contributed by atoms with van der Waals surface area (Å²) in [6, 6.07) is 6.59. The second kappa shape index (κ2) is 12.1. The molecule has 0 saturated carbocycles. The van der Waals surface area contributed by atoms with Gasteiger partial charge < -0.3 is 25.6 Å². The zero-order valence-corrected chi connectivity index (χ0v) is 20.8. The van der Waals surface area contributed by atoms with Crippen molar-refractivity contribution in [1.29, 1.82) is 0 Å². The van der Waals surface area contributed by atoms with E-state index in [2.05, 4.69) is 10.2 Å². The Kier molecular flexibility index (Phi) is 9.23. The first-order valence-corrected chi connectivity index (χ1v) is 12.3. The summed E-state index contributed by atoms with van der Waals surface area (Å²) in [5, 5.41) is 3.31. The van der Waals surface area contributed by atoms with E-state index in [1.54, 1.807) is 19.2 Å². The maximum absolute atomic E-state index is 12.8. The lowest BCUT2D eigenvalue weighted by Crippen LogP contribution is -2.41. The van der Waals surface area contributed by atoms with Gasteiger partial charge in [-0.05, 0) is 81.8 Å². The minimum absolute atomic E-state index is 0.0292. The highest BCUT2D eigenvalue weighted by atomic mass is 32.1. The van der Waals surface area contributed by atoms with Crippen LogP contribution in [-0.4, -0.2) is 83.4 Å². The van der Waals surface area contributed by atoms with Crippen molar-refractivity contribution in [3.8, 4) is 5.75 Å². The molecule has 1 unspecified atom stereocenters. The van der Waals surface area contributed by atoms with Crippen molar-refractivity contribution in [2.45, 2.75) is 45.1 Å². The molecule has 0 spiro atoms. The number of nitrogens with zero attached hydrogens (tertiary/aromatic N) is 3. The molecule has 2 saturated heterocycles. The van der Waals surface area contributed by atoms with Gasteiger partial charge in [0.2, 0.25) is 11.8 Å². The average Bonchev–Trinajstić information content (AvgIpc) is 3.02. The van der Waals surface area contributed by atoms with Gasteiger partial charge in [-0.1, -0.05) is 6.92 Å². The number of primary amides is 1. The number of thiocarbonyl (C=S) groups is 1. The minimum atomic E-state index is -0.606. The molecule has 2 aliphatic rings. The lowest BCUT2D eigenvalue weighted by Gasteiger charge is -2.31. The van der Waals surface area contributed by atoms with Crippen LogP contribution in [0.5, 0.6) is 5.75 Å². The summed E-state index contributed by atoms with van der Waals surface area (Å²) in [4.78, 5) is 42.4. The first-order chi connectivity index (χ1) is 16.3. The van der Waals surface area contributed by atoms with E-state index in [-0.39, 0.29) is 30.1 Å². The molecule has 2 aliphatic heterocycles. The van der Waals surface area contributed by atoms with Crippen LogP contribution >= 0.6 is 12.2 Å². The van der Waals surface area contributed by atoms with Gasteiger partial charge in [-0.2, -0.15) is 0 Å². The number of nitrogens with one attached hydrogen (secondary N) is 1. The summed E-state index contributed by atoms with van der Waals surface area (Å²) in [5.74, 6) is 0.105. The molecule has 1 aromatic carbocycles. The van der Waals surface area contributed by atoms with E-state index in [1.807, 2.05) is 24.0 Å². The highest BCUT2D eigenvalue weighted by Crippen LogP contribution is 2.22. The Hall–Kier alpha value is -2.72. The van der Waals surface area contributed by atoms with Gasteiger partial charge in [-0.15, -0.1) is 0 Å². The SMILES string of the molecule is CCCOc1ccc(NC(=O)CC2C(=O)N(C)C(=S)N2CCCN2CCC(C(N)=O)CC2)cc1. The van der Waals surface area contributed by atoms with Crippen molar-refractivity contribution >= 4 is 40.7 Å². The highest BCUT2D eigenvalue weighted by molar-refractivity contribution is 7.80. The lowest BCUT2D eigenvalue weighted by atomic mass is 9.96. The van der Waals surface area contributed by atoms with Crippen LogP contribution in [0.4, 0.5) is 5.69 Å². The quantitative estimate of drug-likeness (QED) is 0.457. The van der Waals surface area contributed by atoms with Gasteiger partial charge in [0.15, 0.2) is 5.11 Å². The Bertz CT molecular complexity index is 886. The first-order valence-electron chi connectivity index (χ1n) is 11.9. The molecule has 0 radical (unpaired) electrons. The summed E-state index contributed by atoms with van der Waals surface area (Å²) in [5.41, 5.74) is 6.06. The van der Waals surface area contributed by atoms with Gasteiger partial charge in [-0.25, -0.2) is 0 Å². The van der Waals surface area contributed by atoms with E-state index in [9.17, 15) is 14.4 Å². The van der Waals surface area contributed by atoms with Crippen LogP contribution in [0.2, 0.25) is 0 Å². The third-order valence-electron chi connectivity index (χ3n) is 6.38. The maximum atomic E-state index is 12.8. The lowest BCUT2D eigenvalue weighted by molar-refractivity contribution is -0.130. The Balaban J connectivity index is 1.50. The second-order valence-electron chi connectivity index (χ2n) is 8.89. The number of hydrogen-bond acceptors (Lipinski definition) is 6. The van der Waals surface area contributed by atoms with Gasteiger partial charge in [-0.3, -0.25) is 19.3 Å². The Morgan fingerprint density at radius 1 is 1.18 bits per heavy atom. The number of carbonyl (C=O) groups is 3. The van der Waals surface area contributed by atoms with Crippen molar-refractivity contribution < 1.29 is 19.1 Å². The summed E-state index contributed by atoms with van der Waals surface area (Å²) in [6.45, 7) is 5.79. The fourth-order valence-electron chi connectivity index (χ4n) is 4.37. The van der Waals surface area contributed by atoms with Crippen LogP contribution < -0.4 is 15.8 Å². The van der Waals surface area contributed by atoms with Crippen molar-refractivity contribution in [2.75, 3.05) is 45.2 Å².